The molecule has 0 bridgehead atoms. The van der Waals surface area contributed by atoms with E-state index in [2.05, 4.69) is 5.32 Å². The lowest BCUT2D eigenvalue weighted by molar-refractivity contribution is -0.136. The van der Waals surface area contributed by atoms with Crippen LogP contribution in [0, 0.1) is 12.7 Å². The molecule has 1 saturated heterocycles. The van der Waals surface area contributed by atoms with Gasteiger partial charge in [0.25, 0.3) is 5.91 Å². The largest absolute Gasteiger partial charge is 0.489 e. The van der Waals surface area contributed by atoms with Crippen molar-refractivity contribution in [2.24, 2.45) is 0 Å². The highest BCUT2D eigenvalue weighted by Crippen LogP contribution is 2.27. The van der Waals surface area contributed by atoms with Gasteiger partial charge in [0, 0.05) is 20.1 Å². The molecule has 10 nitrogen and oxygen atoms in total. The van der Waals surface area contributed by atoms with Crippen molar-refractivity contribution in [3.63, 3.8) is 0 Å². The molecule has 0 aromatic heterocycles. The van der Waals surface area contributed by atoms with Crippen LogP contribution in [0.1, 0.15) is 18.1 Å². The number of amides is 3. The number of sulfonamides is 1. The number of hydrogen-bond acceptors (Lipinski definition) is 6. The van der Waals surface area contributed by atoms with E-state index < -0.39 is 34.0 Å². The molecule has 12 heteroatoms. The first-order valence-corrected chi connectivity index (χ1v) is 12.0. The molecule has 0 saturated carbocycles. The number of hydrogen-bond donors (Lipinski definition) is 3. The van der Waals surface area contributed by atoms with Gasteiger partial charge in [0.15, 0.2) is 0 Å². The fourth-order valence-electron chi connectivity index (χ4n) is 3.88. The number of rotatable bonds is 6. The lowest BCUT2D eigenvalue weighted by Crippen LogP contribution is -2.66. The number of halogens is 1. The highest BCUT2D eigenvalue weighted by atomic mass is 32.2. The Hall–Kier alpha value is -3.22. The summed E-state index contributed by atoms with van der Waals surface area (Å²) in [5.41, 5.74) is 3.02. The van der Waals surface area contributed by atoms with E-state index in [1.165, 1.54) is 60.7 Å². The maximum atomic E-state index is 13.5. The van der Waals surface area contributed by atoms with Crippen LogP contribution in [0.5, 0.6) is 5.75 Å². The van der Waals surface area contributed by atoms with Crippen molar-refractivity contribution in [1.82, 2.24) is 20.0 Å². The van der Waals surface area contributed by atoms with Crippen LogP contribution in [-0.4, -0.2) is 67.0 Å². The molecule has 0 spiro atoms. The summed E-state index contributed by atoms with van der Waals surface area (Å²) in [5.74, 6) is -0.946. The summed E-state index contributed by atoms with van der Waals surface area (Å²) >= 11 is 0. The van der Waals surface area contributed by atoms with E-state index in [-0.39, 0.29) is 30.4 Å². The summed E-state index contributed by atoms with van der Waals surface area (Å²) in [7, 11) is -2.72. The Morgan fingerprint density at radius 3 is 2.47 bits per heavy atom. The van der Waals surface area contributed by atoms with E-state index in [4.69, 9.17) is 4.74 Å². The van der Waals surface area contributed by atoms with E-state index in [0.717, 1.165) is 9.87 Å². The quantitative estimate of drug-likeness (QED) is 0.414. The van der Waals surface area contributed by atoms with Crippen LogP contribution in [0.25, 0.3) is 0 Å². The SMILES string of the molecule is CNC(=O)N1CCN(S(=O)(=O)c2ccc(OCc3cc(F)ccc3C)cc2)[C@@H](C(=O)NO)[C@@H]1C. The number of ether oxygens (including phenoxy) is 1. The summed E-state index contributed by atoms with van der Waals surface area (Å²) in [6.45, 7) is 3.38. The fourth-order valence-corrected chi connectivity index (χ4v) is 5.52. The first kappa shape index (κ1) is 25.4. The van der Waals surface area contributed by atoms with Gasteiger partial charge in [0.1, 0.15) is 24.2 Å². The summed E-state index contributed by atoms with van der Waals surface area (Å²) in [5, 5.41) is 11.6. The molecular formula is C22H27FN4O6S. The predicted octanol–water partition coefficient (Wildman–Crippen LogP) is 1.62. The van der Waals surface area contributed by atoms with Crippen LogP contribution >= 0.6 is 0 Å². The van der Waals surface area contributed by atoms with Crippen molar-refractivity contribution in [3.8, 4) is 5.75 Å². The van der Waals surface area contributed by atoms with Gasteiger partial charge in [0.2, 0.25) is 10.0 Å². The molecule has 2 aromatic rings. The molecule has 1 aliphatic heterocycles. The van der Waals surface area contributed by atoms with Crippen molar-refractivity contribution < 1.29 is 32.3 Å². The van der Waals surface area contributed by atoms with Crippen molar-refractivity contribution in [2.45, 2.75) is 37.4 Å². The summed E-state index contributed by atoms with van der Waals surface area (Å²) in [6, 6.07) is 7.35. The first-order chi connectivity index (χ1) is 16.1. The average Bonchev–Trinajstić information content (AvgIpc) is 2.83. The Morgan fingerprint density at radius 2 is 1.85 bits per heavy atom. The standard InChI is InChI=1S/C22H27FN4O6S/c1-14-4-5-17(23)12-16(14)13-33-18-6-8-19(9-7-18)34(31,32)27-11-10-26(22(29)24-3)15(2)20(27)21(28)25-30/h4-9,12,15,20,30H,10-11,13H2,1-3H3,(H,24,29)(H,25,28)/t15-,20+/m0/s1. The maximum Gasteiger partial charge on any atom is 0.317 e. The number of nitrogens with zero attached hydrogens (tertiary/aromatic N) is 2. The zero-order valence-corrected chi connectivity index (χ0v) is 19.8. The number of carbonyl (C=O) groups is 2. The molecule has 184 valence electrons. The van der Waals surface area contributed by atoms with E-state index >= 15 is 0 Å². The minimum Gasteiger partial charge on any atom is -0.489 e. The van der Waals surface area contributed by atoms with Crippen LogP contribution < -0.4 is 15.5 Å². The van der Waals surface area contributed by atoms with Crippen molar-refractivity contribution in [1.29, 1.82) is 0 Å². The number of piperazine rings is 1. The normalized spacial score (nSPS) is 18.9. The van der Waals surface area contributed by atoms with Gasteiger partial charge in [-0.15, -0.1) is 0 Å². The summed E-state index contributed by atoms with van der Waals surface area (Å²) in [4.78, 5) is 25.7. The fraction of sp³-hybridized carbons (Fsp3) is 0.364. The molecular weight excluding hydrogens is 467 g/mol. The summed E-state index contributed by atoms with van der Waals surface area (Å²) in [6.07, 6.45) is 0. The number of urea groups is 1. The molecule has 2 atom stereocenters. The van der Waals surface area contributed by atoms with Gasteiger partial charge >= 0.3 is 6.03 Å². The zero-order chi connectivity index (χ0) is 25.0. The second-order valence-corrected chi connectivity index (χ2v) is 9.75. The van der Waals surface area contributed by atoms with Crippen LogP contribution in [0.4, 0.5) is 9.18 Å². The number of aryl methyl sites for hydroxylation is 1. The number of hydroxylamine groups is 1. The molecule has 3 amide bonds. The highest BCUT2D eigenvalue weighted by Gasteiger charge is 2.45. The Balaban J connectivity index is 1.80. The van der Waals surface area contributed by atoms with Crippen molar-refractivity contribution >= 4 is 22.0 Å². The summed E-state index contributed by atoms with van der Waals surface area (Å²) < 4.78 is 46.8. The molecule has 1 aliphatic rings. The van der Waals surface area contributed by atoms with E-state index in [9.17, 15) is 27.6 Å². The monoisotopic (exact) mass is 494 g/mol. The van der Waals surface area contributed by atoms with Crippen LogP contribution in [-0.2, 0) is 21.4 Å². The zero-order valence-electron chi connectivity index (χ0n) is 19.0. The smallest absolute Gasteiger partial charge is 0.317 e. The average molecular weight is 495 g/mol. The van der Waals surface area contributed by atoms with E-state index in [1.807, 2.05) is 6.92 Å². The topological polar surface area (TPSA) is 128 Å². The molecule has 0 unspecified atom stereocenters. The molecule has 0 radical (unpaired) electrons. The molecule has 34 heavy (non-hydrogen) atoms. The number of carbonyl (C=O) groups excluding carboxylic acids is 2. The first-order valence-electron chi connectivity index (χ1n) is 10.5. The van der Waals surface area contributed by atoms with Gasteiger partial charge in [-0.1, -0.05) is 6.07 Å². The second-order valence-electron chi connectivity index (χ2n) is 7.86. The van der Waals surface area contributed by atoms with E-state index in [1.54, 1.807) is 6.07 Å². The highest BCUT2D eigenvalue weighted by molar-refractivity contribution is 7.89. The molecule has 1 heterocycles. The van der Waals surface area contributed by atoms with Gasteiger partial charge in [-0.3, -0.25) is 10.0 Å². The minimum atomic E-state index is -4.15. The van der Waals surface area contributed by atoms with Crippen molar-refractivity contribution in [3.05, 3.63) is 59.4 Å². The van der Waals surface area contributed by atoms with Gasteiger partial charge in [-0.05, 0) is 61.4 Å². The van der Waals surface area contributed by atoms with Crippen LogP contribution in [0.3, 0.4) is 0 Å². The molecule has 1 fully saturated rings. The third kappa shape index (κ3) is 5.13. The third-order valence-corrected chi connectivity index (χ3v) is 7.70. The van der Waals surface area contributed by atoms with Gasteiger partial charge in [-0.25, -0.2) is 23.1 Å². The maximum absolute atomic E-state index is 13.5. The van der Waals surface area contributed by atoms with E-state index in [0.29, 0.717) is 11.3 Å². The minimum absolute atomic E-state index is 0.0590. The third-order valence-electron chi connectivity index (χ3n) is 5.81. The molecule has 2 aromatic carbocycles. The predicted molar refractivity (Wildman–Crippen MR) is 120 cm³/mol. The van der Waals surface area contributed by atoms with Gasteiger partial charge < -0.3 is 15.0 Å². The Kier molecular flexibility index (Phi) is 7.75. The number of nitrogens with one attached hydrogen (secondary N) is 2. The second kappa shape index (κ2) is 10.4. The van der Waals surface area contributed by atoms with Crippen LogP contribution in [0.15, 0.2) is 47.4 Å². The Bertz CT molecular complexity index is 1160. The molecule has 0 aliphatic carbocycles. The van der Waals surface area contributed by atoms with Gasteiger partial charge in [0.05, 0.1) is 10.9 Å². The number of benzene rings is 2. The lowest BCUT2D eigenvalue weighted by Gasteiger charge is -2.43. The Labute approximate surface area is 197 Å². The Morgan fingerprint density at radius 1 is 1.18 bits per heavy atom. The van der Waals surface area contributed by atoms with Crippen molar-refractivity contribution in [2.75, 3.05) is 20.1 Å². The van der Waals surface area contributed by atoms with Crippen LogP contribution in [0.2, 0.25) is 0 Å². The lowest BCUT2D eigenvalue weighted by atomic mass is 10.1. The van der Waals surface area contributed by atoms with Gasteiger partial charge in [-0.2, -0.15) is 4.31 Å². The molecule has 3 rings (SSSR count). The molecule has 3 N–H and O–H groups in total.